The number of nitrogens with two attached hydrogens (primary N) is 1. The first-order chi connectivity index (χ1) is 16.6. The summed E-state index contributed by atoms with van der Waals surface area (Å²) in [6.07, 6.45) is 0. The molecular weight excluding hydrogens is 446 g/mol. The van der Waals surface area contributed by atoms with E-state index in [1.165, 1.54) is 19.1 Å². The van der Waals surface area contributed by atoms with Crippen molar-refractivity contribution in [2.24, 2.45) is 5.73 Å². The van der Waals surface area contributed by atoms with Gasteiger partial charge in [-0.25, -0.2) is 9.59 Å². The van der Waals surface area contributed by atoms with Crippen LogP contribution in [0.25, 0.3) is 0 Å². The number of benzene rings is 2. The van der Waals surface area contributed by atoms with Gasteiger partial charge in [0, 0.05) is 11.3 Å². The number of aliphatic hydroxyl groups is 1. The van der Waals surface area contributed by atoms with E-state index in [4.69, 9.17) is 15.2 Å². The molecule has 1 unspecified atom stereocenters. The van der Waals surface area contributed by atoms with E-state index in [2.05, 4.69) is 17.9 Å². The van der Waals surface area contributed by atoms with Crippen LogP contribution in [-0.2, 0) is 19.1 Å². The summed E-state index contributed by atoms with van der Waals surface area (Å²) in [5.41, 5.74) is 6.56. The Morgan fingerprint density at radius 1 is 1.06 bits per heavy atom. The van der Waals surface area contributed by atoms with Gasteiger partial charge < -0.3 is 20.3 Å². The Morgan fingerprint density at radius 2 is 1.71 bits per heavy atom. The minimum Gasteiger partial charge on any atom is -0.466 e. The number of nitriles is 1. The van der Waals surface area contributed by atoms with E-state index >= 15 is 0 Å². The zero-order chi connectivity index (χ0) is 25.8. The van der Waals surface area contributed by atoms with Crippen LogP contribution in [0.5, 0.6) is 0 Å². The molecule has 0 fully saturated rings. The molecule has 0 aromatic heterocycles. The van der Waals surface area contributed by atoms with Crippen LogP contribution >= 0.6 is 0 Å². The highest BCUT2D eigenvalue weighted by atomic mass is 16.5. The Balaban J connectivity index is 2.35. The van der Waals surface area contributed by atoms with Crippen molar-refractivity contribution < 1.29 is 24.2 Å². The predicted octanol–water partition coefficient (Wildman–Crippen LogP) is 2.71. The summed E-state index contributed by atoms with van der Waals surface area (Å²) in [6, 6.07) is 17.5. The van der Waals surface area contributed by atoms with Crippen LogP contribution in [0.4, 0.5) is 5.69 Å². The lowest BCUT2D eigenvalue weighted by Crippen LogP contribution is -2.40. The number of rotatable bonds is 4. The van der Waals surface area contributed by atoms with Gasteiger partial charge in [-0.15, -0.1) is 0 Å². The topological polar surface area (TPSA) is 126 Å². The molecule has 3 rings (SSSR count). The Labute approximate surface area is 203 Å². The van der Waals surface area contributed by atoms with Gasteiger partial charge in [-0.1, -0.05) is 48.2 Å². The van der Waals surface area contributed by atoms with E-state index in [1.54, 1.807) is 68.4 Å². The molecule has 178 valence electrons. The second-order valence-corrected chi connectivity index (χ2v) is 8.19. The second kappa shape index (κ2) is 10.2. The van der Waals surface area contributed by atoms with Gasteiger partial charge in [0.05, 0.1) is 37.4 Å². The van der Waals surface area contributed by atoms with E-state index in [9.17, 15) is 20.0 Å². The molecular formula is C27H25N3O5. The normalized spacial score (nSPS) is 15.7. The van der Waals surface area contributed by atoms with Gasteiger partial charge in [0.2, 0.25) is 0 Å². The summed E-state index contributed by atoms with van der Waals surface area (Å²) in [5, 5.41) is 20.0. The third-order valence-corrected chi connectivity index (χ3v) is 5.23. The van der Waals surface area contributed by atoms with Crippen LogP contribution in [-0.4, -0.2) is 36.9 Å². The summed E-state index contributed by atoms with van der Waals surface area (Å²) in [4.78, 5) is 27.5. The fraction of sp³-hybridized carbons (Fsp3) is 0.222. The zero-order valence-electron chi connectivity index (χ0n) is 19.8. The number of allylic oxidation sites excluding steroid dienone is 1. The van der Waals surface area contributed by atoms with Crippen molar-refractivity contribution in [1.82, 2.24) is 0 Å². The number of hydrogen-bond donors (Lipinski definition) is 2. The van der Waals surface area contributed by atoms with Crippen LogP contribution in [0.2, 0.25) is 0 Å². The van der Waals surface area contributed by atoms with E-state index in [1.807, 2.05) is 0 Å². The Kier molecular flexibility index (Phi) is 7.29. The van der Waals surface area contributed by atoms with E-state index < -0.39 is 23.5 Å². The summed E-state index contributed by atoms with van der Waals surface area (Å²) in [7, 11) is 2.38. The SMILES string of the molecule is COC(=O)C1=C(C(=O)OC)N(c2cccc(C#CC(C)(C)O)c2)C(N)=C(C#N)C1c1ccccc1. The number of ether oxygens (including phenoxy) is 2. The summed E-state index contributed by atoms with van der Waals surface area (Å²) in [5.74, 6) is 2.97. The van der Waals surface area contributed by atoms with Crippen molar-refractivity contribution in [1.29, 1.82) is 5.26 Å². The maximum Gasteiger partial charge on any atom is 0.355 e. The molecule has 8 nitrogen and oxygen atoms in total. The van der Waals surface area contributed by atoms with Crippen LogP contribution in [0.1, 0.15) is 30.9 Å². The van der Waals surface area contributed by atoms with Crippen molar-refractivity contribution in [3.05, 3.63) is 88.4 Å². The first kappa shape index (κ1) is 25.1. The van der Waals surface area contributed by atoms with E-state index in [0.29, 0.717) is 16.8 Å². The molecule has 0 radical (unpaired) electrons. The van der Waals surface area contributed by atoms with Crippen molar-refractivity contribution in [3.8, 4) is 17.9 Å². The number of carbonyl (C=O) groups is 2. The Morgan fingerprint density at radius 3 is 2.29 bits per heavy atom. The third-order valence-electron chi connectivity index (χ3n) is 5.23. The highest BCUT2D eigenvalue weighted by Gasteiger charge is 2.42. The fourth-order valence-electron chi connectivity index (χ4n) is 3.73. The van der Waals surface area contributed by atoms with Gasteiger partial charge in [0.25, 0.3) is 0 Å². The van der Waals surface area contributed by atoms with Crippen molar-refractivity contribution in [2.45, 2.75) is 25.4 Å². The number of methoxy groups -OCH3 is 2. The maximum atomic E-state index is 13.1. The summed E-state index contributed by atoms with van der Waals surface area (Å²) >= 11 is 0. The smallest absolute Gasteiger partial charge is 0.355 e. The number of hydrogen-bond acceptors (Lipinski definition) is 8. The molecule has 0 saturated heterocycles. The zero-order valence-corrected chi connectivity index (χ0v) is 19.8. The number of nitrogens with zero attached hydrogens (tertiary/aromatic N) is 2. The molecule has 0 bridgehead atoms. The van der Waals surface area contributed by atoms with E-state index in [0.717, 1.165) is 0 Å². The minimum absolute atomic E-state index is 0.0398. The average molecular weight is 472 g/mol. The van der Waals surface area contributed by atoms with Gasteiger partial charge in [-0.3, -0.25) is 4.90 Å². The lowest BCUT2D eigenvalue weighted by Gasteiger charge is -2.35. The lowest BCUT2D eigenvalue weighted by molar-refractivity contribution is -0.139. The monoisotopic (exact) mass is 471 g/mol. The van der Waals surface area contributed by atoms with Gasteiger partial charge >= 0.3 is 11.9 Å². The van der Waals surface area contributed by atoms with Gasteiger partial charge in [-0.2, -0.15) is 5.26 Å². The summed E-state index contributed by atoms with van der Waals surface area (Å²) < 4.78 is 10.0. The number of carbonyl (C=O) groups excluding carboxylic acids is 2. The first-order valence-corrected chi connectivity index (χ1v) is 10.6. The molecule has 1 aliphatic rings. The molecule has 8 heteroatoms. The number of esters is 2. The Hall–Kier alpha value is -4.53. The average Bonchev–Trinajstić information content (AvgIpc) is 2.86. The molecule has 2 aromatic rings. The van der Waals surface area contributed by atoms with Gasteiger partial charge in [0.1, 0.15) is 17.1 Å². The quantitative estimate of drug-likeness (QED) is 0.515. The van der Waals surface area contributed by atoms with Crippen LogP contribution in [0.15, 0.2) is 77.3 Å². The van der Waals surface area contributed by atoms with Crippen LogP contribution in [0, 0.1) is 23.2 Å². The van der Waals surface area contributed by atoms with Crippen LogP contribution in [0.3, 0.4) is 0 Å². The number of anilines is 1. The van der Waals surface area contributed by atoms with Gasteiger partial charge in [0.15, 0.2) is 0 Å². The highest BCUT2D eigenvalue weighted by molar-refractivity contribution is 6.06. The van der Waals surface area contributed by atoms with Crippen LogP contribution < -0.4 is 10.6 Å². The Bertz CT molecular complexity index is 1320. The molecule has 2 aromatic carbocycles. The first-order valence-electron chi connectivity index (χ1n) is 10.6. The largest absolute Gasteiger partial charge is 0.466 e. The van der Waals surface area contributed by atoms with Crippen molar-refractivity contribution in [3.63, 3.8) is 0 Å². The molecule has 0 aliphatic carbocycles. The molecule has 0 amide bonds. The summed E-state index contributed by atoms with van der Waals surface area (Å²) in [6.45, 7) is 3.11. The van der Waals surface area contributed by atoms with E-state index in [-0.39, 0.29) is 22.7 Å². The van der Waals surface area contributed by atoms with Gasteiger partial charge in [-0.05, 0) is 37.6 Å². The lowest BCUT2D eigenvalue weighted by atomic mass is 9.81. The van der Waals surface area contributed by atoms with Crippen molar-refractivity contribution >= 4 is 17.6 Å². The second-order valence-electron chi connectivity index (χ2n) is 8.19. The minimum atomic E-state index is -1.22. The predicted molar refractivity (Wildman–Crippen MR) is 129 cm³/mol. The fourth-order valence-corrected chi connectivity index (χ4v) is 3.73. The molecule has 0 spiro atoms. The molecule has 1 aliphatic heterocycles. The molecule has 1 heterocycles. The molecule has 1 atom stereocenters. The maximum absolute atomic E-state index is 13.1. The highest BCUT2D eigenvalue weighted by Crippen LogP contribution is 2.43. The van der Waals surface area contributed by atoms with Crippen molar-refractivity contribution in [2.75, 3.05) is 19.1 Å². The molecule has 35 heavy (non-hydrogen) atoms. The standard InChI is InChI=1S/C27H25N3O5/c1-27(2,33)14-13-17-9-8-12-19(15-17)30-23(26(32)35-4)22(25(31)34-3)21(20(16-28)24(30)29)18-10-6-5-7-11-18/h5-12,15,21,33H,29H2,1-4H3. The third kappa shape index (κ3) is 5.19. The molecule has 3 N–H and O–H groups in total. The molecule has 0 saturated carbocycles.